The maximum atomic E-state index is 12.2. The Morgan fingerprint density at radius 1 is 1.13 bits per heavy atom. The standard InChI is InChI=1S/C18H26N2O3/c1-22-16-8-9-17-13(11-16)10-15(12-23-17)20-18(21)19-14-6-4-2-3-5-7-14/h8-9,11,14-15H,2-7,10,12H2,1H3,(H2,19,20,21). The quantitative estimate of drug-likeness (QED) is 0.842. The van der Waals surface area contributed by atoms with Gasteiger partial charge in [0, 0.05) is 6.04 Å². The highest BCUT2D eigenvalue weighted by Crippen LogP contribution is 2.28. The summed E-state index contributed by atoms with van der Waals surface area (Å²) in [5.74, 6) is 1.70. The van der Waals surface area contributed by atoms with E-state index in [-0.39, 0.29) is 12.1 Å². The van der Waals surface area contributed by atoms with Crippen molar-refractivity contribution in [3.63, 3.8) is 0 Å². The van der Waals surface area contributed by atoms with Gasteiger partial charge in [0.25, 0.3) is 0 Å². The van der Waals surface area contributed by atoms with Gasteiger partial charge >= 0.3 is 6.03 Å². The first-order valence-electron chi connectivity index (χ1n) is 8.61. The van der Waals surface area contributed by atoms with Crippen LogP contribution in [0.3, 0.4) is 0 Å². The van der Waals surface area contributed by atoms with Gasteiger partial charge < -0.3 is 20.1 Å². The molecule has 0 bridgehead atoms. The van der Waals surface area contributed by atoms with E-state index in [0.29, 0.717) is 12.6 Å². The van der Waals surface area contributed by atoms with Crippen LogP contribution < -0.4 is 20.1 Å². The van der Waals surface area contributed by atoms with E-state index >= 15 is 0 Å². The summed E-state index contributed by atoms with van der Waals surface area (Å²) in [7, 11) is 1.65. The number of benzene rings is 1. The average Bonchev–Trinajstić information content (AvgIpc) is 2.82. The largest absolute Gasteiger partial charge is 0.497 e. The minimum absolute atomic E-state index is 0.000356. The van der Waals surface area contributed by atoms with Gasteiger partial charge in [-0.2, -0.15) is 0 Å². The molecule has 5 nitrogen and oxygen atoms in total. The molecule has 1 saturated carbocycles. The Labute approximate surface area is 137 Å². The third-order valence-electron chi connectivity index (χ3n) is 4.70. The Kier molecular flexibility index (Phi) is 5.26. The van der Waals surface area contributed by atoms with E-state index in [2.05, 4.69) is 10.6 Å². The van der Waals surface area contributed by atoms with Crippen LogP contribution in [0.1, 0.15) is 44.1 Å². The molecule has 0 radical (unpaired) electrons. The molecule has 2 aliphatic rings. The summed E-state index contributed by atoms with van der Waals surface area (Å²) < 4.78 is 11.0. The van der Waals surface area contributed by atoms with E-state index in [4.69, 9.17) is 9.47 Å². The van der Waals surface area contributed by atoms with Crippen LogP contribution in [0.15, 0.2) is 18.2 Å². The molecule has 1 aromatic rings. The van der Waals surface area contributed by atoms with Gasteiger partial charge in [0.05, 0.1) is 13.2 Å². The van der Waals surface area contributed by atoms with Gasteiger partial charge in [-0.05, 0) is 43.0 Å². The normalized spacial score (nSPS) is 21.5. The summed E-state index contributed by atoms with van der Waals surface area (Å²) in [5, 5.41) is 6.17. The molecule has 126 valence electrons. The monoisotopic (exact) mass is 318 g/mol. The summed E-state index contributed by atoms with van der Waals surface area (Å²) in [5.41, 5.74) is 1.08. The lowest BCUT2D eigenvalue weighted by Crippen LogP contribution is -2.49. The van der Waals surface area contributed by atoms with Crippen molar-refractivity contribution in [2.24, 2.45) is 0 Å². The first-order chi connectivity index (χ1) is 11.2. The number of methoxy groups -OCH3 is 1. The number of ether oxygens (including phenoxy) is 2. The third kappa shape index (κ3) is 4.30. The Hall–Kier alpha value is -1.91. The van der Waals surface area contributed by atoms with Crippen LogP contribution in [-0.2, 0) is 6.42 Å². The van der Waals surface area contributed by atoms with Crippen molar-refractivity contribution in [2.45, 2.75) is 57.0 Å². The first kappa shape index (κ1) is 16.0. The molecule has 1 aliphatic heterocycles. The van der Waals surface area contributed by atoms with Crippen LogP contribution in [-0.4, -0.2) is 31.8 Å². The maximum absolute atomic E-state index is 12.2. The number of carbonyl (C=O) groups excluding carboxylic acids is 1. The van der Waals surface area contributed by atoms with Gasteiger partial charge in [-0.1, -0.05) is 25.7 Å². The van der Waals surface area contributed by atoms with Crippen molar-refractivity contribution in [2.75, 3.05) is 13.7 Å². The lowest BCUT2D eigenvalue weighted by molar-refractivity contribution is 0.210. The number of hydrogen-bond donors (Lipinski definition) is 2. The third-order valence-corrected chi connectivity index (χ3v) is 4.70. The van der Waals surface area contributed by atoms with E-state index in [1.165, 1.54) is 25.7 Å². The molecule has 1 unspecified atom stereocenters. The molecule has 3 rings (SSSR count). The molecule has 1 heterocycles. The molecule has 1 fully saturated rings. The average molecular weight is 318 g/mol. The Morgan fingerprint density at radius 3 is 2.61 bits per heavy atom. The Morgan fingerprint density at radius 2 is 1.87 bits per heavy atom. The van der Waals surface area contributed by atoms with Crippen LogP contribution in [0.25, 0.3) is 0 Å². The van der Waals surface area contributed by atoms with Gasteiger partial charge in [0.2, 0.25) is 0 Å². The van der Waals surface area contributed by atoms with E-state index in [0.717, 1.165) is 36.3 Å². The summed E-state index contributed by atoms with van der Waals surface area (Å²) in [6, 6.07) is 6.04. The van der Waals surface area contributed by atoms with E-state index < -0.39 is 0 Å². The molecule has 2 amide bonds. The minimum atomic E-state index is -0.0724. The van der Waals surface area contributed by atoms with Gasteiger partial charge in [0.15, 0.2) is 0 Å². The van der Waals surface area contributed by atoms with Crippen molar-refractivity contribution in [1.29, 1.82) is 0 Å². The molecule has 1 atom stereocenters. The predicted octanol–water partition coefficient (Wildman–Crippen LogP) is 3.02. The number of amides is 2. The van der Waals surface area contributed by atoms with Gasteiger partial charge in [0.1, 0.15) is 18.1 Å². The smallest absolute Gasteiger partial charge is 0.315 e. The molecular weight excluding hydrogens is 292 g/mol. The second-order valence-electron chi connectivity index (χ2n) is 6.49. The van der Waals surface area contributed by atoms with Crippen molar-refractivity contribution < 1.29 is 14.3 Å². The zero-order valence-electron chi connectivity index (χ0n) is 13.8. The molecule has 5 heteroatoms. The van der Waals surface area contributed by atoms with Crippen LogP contribution in [0.2, 0.25) is 0 Å². The minimum Gasteiger partial charge on any atom is -0.497 e. The van der Waals surface area contributed by atoms with Crippen molar-refractivity contribution >= 4 is 6.03 Å². The second-order valence-corrected chi connectivity index (χ2v) is 6.49. The highest BCUT2D eigenvalue weighted by atomic mass is 16.5. The molecule has 2 N–H and O–H groups in total. The number of urea groups is 1. The van der Waals surface area contributed by atoms with Gasteiger partial charge in [-0.15, -0.1) is 0 Å². The van der Waals surface area contributed by atoms with Crippen LogP contribution in [0.4, 0.5) is 4.79 Å². The van der Waals surface area contributed by atoms with Gasteiger partial charge in [-0.3, -0.25) is 0 Å². The Bertz CT molecular complexity index is 539. The second kappa shape index (κ2) is 7.57. The van der Waals surface area contributed by atoms with Gasteiger partial charge in [-0.25, -0.2) is 4.79 Å². The Balaban J connectivity index is 1.53. The van der Waals surface area contributed by atoms with E-state index in [1.54, 1.807) is 7.11 Å². The molecule has 23 heavy (non-hydrogen) atoms. The topological polar surface area (TPSA) is 59.6 Å². The molecule has 0 aromatic heterocycles. The lowest BCUT2D eigenvalue weighted by Gasteiger charge is -2.27. The summed E-state index contributed by atoms with van der Waals surface area (Å²) in [4.78, 5) is 12.2. The summed E-state index contributed by atoms with van der Waals surface area (Å²) in [6.45, 7) is 0.511. The van der Waals surface area contributed by atoms with E-state index in [1.807, 2.05) is 18.2 Å². The molecule has 1 aromatic carbocycles. The SMILES string of the molecule is COc1ccc2c(c1)CC(NC(=O)NC1CCCCCC1)CO2. The van der Waals surface area contributed by atoms with Crippen molar-refractivity contribution in [3.05, 3.63) is 23.8 Å². The molecule has 0 spiro atoms. The van der Waals surface area contributed by atoms with Crippen LogP contribution in [0.5, 0.6) is 11.5 Å². The molecule has 0 saturated heterocycles. The molecule has 1 aliphatic carbocycles. The van der Waals surface area contributed by atoms with Crippen LogP contribution in [0, 0.1) is 0 Å². The fourth-order valence-corrected chi connectivity index (χ4v) is 3.43. The predicted molar refractivity (Wildman–Crippen MR) is 89.1 cm³/mol. The maximum Gasteiger partial charge on any atom is 0.315 e. The molecular formula is C18H26N2O3. The lowest BCUT2D eigenvalue weighted by atomic mass is 10.0. The fraction of sp³-hybridized carbons (Fsp3) is 0.611. The first-order valence-corrected chi connectivity index (χ1v) is 8.61. The van der Waals surface area contributed by atoms with Crippen molar-refractivity contribution in [1.82, 2.24) is 10.6 Å². The zero-order chi connectivity index (χ0) is 16.1. The summed E-state index contributed by atoms with van der Waals surface area (Å²) >= 11 is 0. The van der Waals surface area contributed by atoms with Crippen LogP contribution >= 0.6 is 0 Å². The highest BCUT2D eigenvalue weighted by molar-refractivity contribution is 5.74. The fourth-order valence-electron chi connectivity index (χ4n) is 3.43. The number of nitrogens with one attached hydrogen (secondary N) is 2. The number of rotatable bonds is 3. The van der Waals surface area contributed by atoms with E-state index in [9.17, 15) is 4.79 Å². The number of fused-ring (bicyclic) bond motifs is 1. The number of carbonyl (C=O) groups is 1. The summed E-state index contributed by atoms with van der Waals surface area (Å²) in [6.07, 6.45) is 7.95. The zero-order valence-corrected chi connectivity index (χ0v) is 13.8. The number of hydrogen-bond acceptors (Lipinski definition) is 3. The van der Waals surface area contributed by atoms with Crippen molar-refractivity contribution in [3.8, 4) is 11.5 Å². The highest BCUT2D eigenvalue weighted by Gasteiger charge is 2.23.